The van der Waals surface area contributed by atoms with Crippen LogP contribution in [0.2, 0.25) is 0 Å². The van der Waals surface area contributed by atoms with Crippen molar-refractivity contribution in [2.24, 2.45) is 0 Å². The van der Waals surface area contributed by atoms with E-state index >= 15 is 0 Å². The van der Waals surface area contributed by atoms with Crippen LogP contribution in [0.4, 0.5) is 0 Å². The molecule has 0 saturated carbocycles. The maximum absolute atomic E-state index is 2.49. The summed E-state index contributed by atoms with van der Waals surface area (Å²) in [7, 11) is 0. The second-order valence-electron chi connectivity index (χ2n) is 8.78. The van der Waals surface area contributed by atoms with Crippen molar-refractivity contribution in [3.05, 3.63) is 64.2 Å². The molecule has 0 amide bonds. The maximum atomic E-state index is 2.49. The average Bonchev–Trinajstić information content (AvgIpc) is 2.95. The Bertz CT molecular complexity index is 797. The van der Waals surface area contributed by atoms with Gasteiger partial charge in [-0.15, -0.1) is 0 Å². The van der Waals surface area contributed by atoms with Gasteiger partial charge in [-0.2, -0.15) is 0 Å². The van der Waals surface area contributed by atoms with Crippen molar-refractivity contribution < 1.29 is 0 Å². The van der Waals surface area contributed by atoms with Gasteiger partial charge >= 0.3 is 0 Å². The molecule has 0 nitrogen and oxygen atoms in total. The minimum Gasteiger partial charge on any atom is -0.0652 e. The van der Waals surface area contributed by atoms with Gasteiger partial charge in [-0.1, -0.05) is 96.0 Å². The largest absolute Gasteiger partial charge is 0.0652 e. The van der Waals surface area contributed by atoms with Crippen molar-refractivity contribution in [3.63, 3.8) is 0 Å². The smallest absolute Gasteiger partial charge is 0.00576 e. The van der Waals surface area contributed by atoms with E-state index in [1.54, 1.807) is 5.57 Å². The van der Waals surface area contributed by atoms with Crippen LogP contribution in [-0.4, -0.2) is 0 Å². The maximum Gasteiger partial charge on any atom is -0.00576 e. The van der Waals surface area contributed by atoms with E-state index in [9.17, 15) is 0 Å². The molecule has 0 saturated heterocycles. The molecule has 3 rings (SSSR count). The van der Waals surface area contributed by atoms with Crippen LogP contribution in [0, 0.1) is 0 Å². The minimum absolute atomic E-state index is 0.135. The highest BCUT2D eigenvalue weighted by atomic mass is 14.3. The summed E-state index contributed by atoms with van der Waals surface area (Å²) in [6, 6.07) is 13.8. The van der Waals surface area contributed by atoms with Crippen LogP contribution in [0.3, 0.4) is 0 Å². The van der Waals surface area contributed by atoms with Gasteiger partial charge in [0.05, 0.1) is 0 Å². The van der Waals surface area contributed by atoms with E-state index in [1.165, 1.54) is 46.2 Å². The van der Waals surface area contributed by atoms with Crippen molar-refractivity contribution in [2.45, 2.75) is 72.1 Å². The fraction of sp³-hybridized carbons (Fsp3) is 0.440. The number of fused-ring (bicyclic) bond motifs is 1. The second kappa shape index (κ2) is 6.83. The molecule has 0 bridgehead atoms. The molecule has 25 heavy (non-hydrogen) atoms. The summed E-state index contributed by atoms with van der Waals surface area (Å²) in [6.07, 6.45) is 6.06. The zero-order valence-corrected chi connectivity index (χ0v) is 16.7. The monoisotopic (exact) mass is 332 g/mol. The lowest BCUT2D eigenvalue weighted by atomic mass is 9.77. The summed E-state index contributed by atoms with van der Waals surface area (Å²) in [5.41, 5.74) is 10.5. The van der Waals surface area contributed by atoms with Crippen LogP contribution < -0.4 is 0 Å². The number of hydrogen-bond donors (Lipinski definition) is 0. The number of rotatable bonds is 4. The van der Waals surface area contributed by atoms with Crippen molar-refractivity contribution in [3.8, 4) is 11.1 Å². The van der Waals surface area contributed by atoms with Gasteiger partial charge in [0.25, 0.3) is 0 Å². The Balaban J connectivity index is 2.30. The first-order valence-electron chi connectivity index (χ1n) is 9.78. The summed E-state index contributed by atoms with van der Waals surface area (Å²) >= 11 is 0. The fourth-order valence-electron chi connectivity index (χ4n) is 4.11. The van der Waals surface area contributed by atoms with Crippen molar-refractivity contribution >= 4 is 6.08 Å². The third-order valence-electron chi connectivity index (χ3n) is 5.33. The molecular formula is C25H32. The Labute approximate surface area is 154 Å². The van der Waals surface area contributed by atoms with Gasteiger partial charge in [0.2, 0.25) is 0 Å². The van der Waals surface area contributed by atoms with Crippen LogP contribution >= 0.6 is 0 Å². The molecule has 0 atom stereocenters. The zero-order chi connectivity index (χ0) is 18.2. The molecular weight excluding hydrogens is 300 g/mol. The SMILES string of the molecule is CCCC1=Cc2c(ccc(C(C)(C)C)c2-c2ccccc2C(C)C)C1. The van der Waals surface area contributed by atoms with Crippen LogP contribution in [0.5, 0.6) is 0 Å². The molecule has 2 aromatic rings. The van der Waals surface area contributed by atoms with Gasteiger partial charge in [-0.3, -0.25) is 0 Å². The number of allylic oxidation sites excluding steroid dienone is 1. The highest BCUT2D eigenvalue weighted by Gasteiger charge is 2.26. The standard InChI is InChI=1S/C25H32/c1-7-10-18-15-19-13-14-23(25(4,5)6)24(22(19)16-18)21-12-9-8-11-20(21)17(2)3/h8-9,11-14,16-17H,7,10,15H2,1-6H3. The molecule has 0 unspecified atom stereocenters. The lowest BCUT2D eigenvalue weighted by Crippen LogP contribution is -2.14. The van der Waals surface area contributed by atoms with Gasteiger partial charge in [-0.25, -0.2) is 0 Å². The van der Waals surface area contributed by atoms with Gasteiger partial charge in [0, 0.05) is 0 Å². The molecule has 1 aliphatic carbocycles. The zero-order valence-electron chi connectivity index (χ0n) is 16.7. The van der Waals surface area contributed by atoms with Crippen molar-refractivity contribution in [1.82, 2.24) is 0 Å². The summed E-state index contributed by atoms with van der Waals surface area (Å²) in [6.45, 7) is 13.9. The Morgan fingerprint density at radius 2 is 1.72 bits per heavy atom. The predicted molar refractivity (Wildman–Crippen MR) is 111 cm³/mol. The first-order chi connectivity index (χ1) is 11.8. The van der Waals surface area contributed by atoms with E-state index in [0.717, 1.165) is 6.42 Å². The highest BCUT2D eigenvalue weighted by molar-refractivity contribution is 5.85. The lowest BCUT2D eigenvalue weighted by molar-refractivity contribution is 0.591. The minimum atomic E-state index is 0.135. The van der Waals surface area contributed by atoms with E-state index < -0.39 is 0 Å². The molecule has 0 N–H and O–H groups in total. The highest BCUT2D eigenvalue weighted by Crippen LogP contribution is 2.43. The molecule has 0 spiro atoms. The van der Waals surface area contributed by atoms with Crippen molar-refractivity contribution in [2.75, 3.05) is 0 Å². The molecule has 0 heteroatoms. The molecule has 0 fully saturated rings. The average molecular weight is 333 g/mol. The molecule has 0 radical (unpaired) electrons. The molecule has 2 aromatic carbocycles. The van der Waals surface area contributed by atoms with Crippen LogP contribution in [0.1, 0.15) is 82.6 Å². The van der Waals surface area contributed by atoms with Crippen LogP contribution in [-0.2, 0) is 11.8 Å². The molecule has 0 aliphatic heterocycles. The Hall–Kier alpha value is -1.82. The Morgan fingerprint density at radius 1 is 1.00 bits per heavy atom. The summed E-state index contributed by atoms with van der Waals surface area (Å²) in [5.74, 6) is 0.528. The van der Waals surface area contributed by atoms with Gasteiger partial charge in [0.15, 0.2) is 0 Å². The Kier molecular flexibility index (Phi) is 4.91. The van der Waals surface area contributed by atoms with E-state index in [2.05, 4.69) is 84.0 Å². The molecule has 132 valence electrons. The quantitative estimate of drug-likeness (QED) is 0.543. The first kappa shape index (κ1) is 18.0. The molecule has 0 heterocycles. The predicted octanol–water partition coefficient (Wildman–Crippen LogP) is 7.51. The van der Waals surface area contributed by atoms with Gasteiger partial charge in [-0.05, 0) is 57.6 Å². The van der Waals surface area contributed by atoms with Gasteiger partial charge in [0.1, 0.15) is 0 Å². The van der Waals surface area contributed by atoms with E-state index in [4.69, 9.17) is 0 Å². The summed E-state index contributed by atoms with van der Waals surface area (Å²) in [4.78, 5) is 0. The van der Waals surface area contributed by atoms with E-state index in [0.29, 0.717) is 5.92 Å². The van der Waals surface area contributed by atoms with E-state index in [-0.39, 0.29) is 5.41 Å². The molecule has 1 aliphatic rings. The van der Waals surface area contributed by atoms with E-state index in [1.807, 2.05) is 0 Å². The third kappa shape index (κ3) is 3.45. The third-order valence-corrected chi connectivity index (χ3v) is 5.33. The molecule has 0 aromatic heterocycles. The lowest BCUT2D eigenvalue weighted by Gasteiger charge is -2.27. The van der Waals surface area contributed by atoms with Crippen LogP contribution in [0.15, 0.2) is 42.0 Å². The Morgan fingerprint density at radius 3 is 2.36 bits per heavy atom. The fourth-order valence-corrected chi connectivity index (χ4v) is 4.11. The van der Waals surface area contributed by atoms with Gasteiger partial charge < -0.3 is 0 Å². The number of hydrogen-bond acceptors (Lipinski definition) is 0. The second-order valence-corrected chi connectivity index (χ2v) is 8.78. The van der Waals surface area contributed by atoms with Crippen molar-refractivity contribution in [1.29, 1.82) is 0 Å². The summed E-state index contributed by atoms with van der Waals surface area (Å²) in [5, 5.41) is 0. The summed E-state index contributed by atoms with van der Waals surface area (Å²) < 4.78 is 0. The van der Waals surface area contributed by atoms with Crippen LogP contribution in [0.25, 0.3) is 17.2 Å². The topological polar surface area (TPSA) is 0 Å². The first-order valence-corrected chi connectivity index (χ1v) is 9.78. The number of benzene rings is 2. The normalized spacial score (nSPS) is 14.0.